The van der Waals surface area contributed by atoms with Gasteiger partial charge in [0.2, 0.25) is 0 Å². The fraction of sp³-hybridized carbons (Fsp3) is 0.278. The molecule has 0 spiro atoms. The predicted octanol–water partition coefficient (Wildman–Crippen LogP) is 1.98. The average molecular weight is 335 g/mol. The zero-order valence-electron chi connectivity index (χ0n) is 13.1. The smallest absolute Gasteiger partial charge is 0.344 e. The zero-order valence-corrected chi connectivity index (χ0v) is 13.9. The largest absolute Gasteiger partial charge is 0.482 e. The van der Waals surface area contributed by atoms with Gasteiger partial charge in [0.1, 0.15) is 25.4 Å². The molecule has 0 radical (unpaired) electrons. The number of carbonyl (C=O) groups is 1. The lowest BCUT2D eigenvalue weighted by Crippen LogP contribution is -3.08. The van der Waals surface area contributed by atoms with Crippen LogP contribution < -0.4 is 9.64 Å². The number of hydrogen-bond acceptors (Lipinski definition) is 3. The fourth-order valence-corrected chi connectivity index (χ4v) is 2.21. The van der Waals surface area contributed by atoms with E-state index in [9.17, 15) is 4.79 Å². The van der Waals surface area contributed by atoms with Gasteiger partial charge in [-0.1, -0.05) is 41.9 Å². The zero-order chi connectivity index (χ0) is 16.5. The first-order chi connectivity index (χ1) is 11.1. The van der Waals surface area contributed by atoms with Crippen LogP contribution in [0.5, 0.6) is 5.75 Å². The van der Waals surface area contributed by atoms with Gasteiger partial charge in [-0.2, -0.15) is 0 Å². The Morgan fingerprint density at radius 3 is 2.48 bits per heavy atom. The first-order valence-corrected chi connectivity index (χ1v) is 7.90. The van der Waals surface area contributed by atoms with Crippen LogP contribution in [0.15, 0.2) is 54.6 Å². The van der Waals surface area contributed by atoms with Crippen molar-refractivity contribution in [3.63, 3.8) is 0 Å². The minimum atomic E-state index is -0.368. The normalized spacial score (nSPS) is 11.7. The van der Waals surface area contributed by atoms with Gasteiger partial charge < -0.3 is 14.4 Å². The molecule has 0 bridgehead atoms. The molecule has 0 aromatic heterocycles. The summed E-state index contributed by atoms with van der Waals surface area (Å²) >= 11 is 5.78. The molecule has 0 amide bonds. The minimum absolute atomic E-state index is 0.0979. The SMILES string of the molecule is C[NH+](CCOC(=O)COc1ccc(Cl)cc1)Cc1ccccc1. The summed E-state index contributed by atoms with van der Waals surface area (Å²) in [7, 11) is 2.07. The van der Waals surface area contributed by atoms with E-state index in [1.807, 2.05) is 18.2 Å². The third-order valence-corrected chi connectivity index (χ3v) is 3.56. The summed E-state index contributed by atoms with van der Waals surface area (Å²) in [5, 5.41) is 0.629. The number of rotatable bonds is 8. The molecule has 5 heteroatoms. The molecule has 1 atom stereocenters. The molecule has 122 valence electrons. The Morgan fingerprint density at radius 1 is 1.09 bits per heavy atom. The second-order valence-electron chi connectivity index (χ2n) is 5.33. The Balaban J connectivity index is 1.61. The van der Waals surface area contributed by atoms with E-state index in [-0.39, 0.29) is 12.6 Å². The Morgan fingerprint density at radius 2 is 1.78 bits per heavy atom. The third kappa shape index (κ3) is 6.72. The van der Waals surface area contributed by atoms with Crippen LogP contribution in [0.4, 0.5) is 0 Å². The standard InChI is InChI=1S/C18H20ClNO3/c1-20(13-15-5-3-2-4-6-15)11-12-22-18(21)14-23-17-9-7-16(19)8-10-17/h2-10H,11-14H2,1H3/p+1. The highest BCUT2D eigenvalue weighted by molar-refractivity contribution is 6.30. The predicted molar refractivity (Wildman–Crippen MR) is 89.8 cm³/mol. The maximum Gasteiger partial charge on any atom is 0.344 e. The number of benzene rings is 2. The molecule has 23 heavy (non-hydrogen) atoms. The molecular weight excluding hydrogens is 314 g/mol. The van der Waals surface area contributed by atoms with Crippen LogP contribution in [0.25, 0.3) is 0 Å². The maximum absolute atomic E-state index is 11.6. The molecule has 0 heterocycles. The topological polar surface area (TPSA) is 40.0 Å². The van der Waals surface area contributed by atoms with Crippen molar-refractivity contribution in [2.24, 2.45) is 0 Å². The Kier molecular flexibility index (Phi) is 6.91. The highest BCUT2D eigenvalue weighted by Crippen LogP contribution is 2.15. The van der Waals surface area contributed by atoms with E-state index in [0.29, 0.717) is 17.4 Å². The van der Waals surface area contributed by atoms with E-state index in [1.165, 1.54) is 10.5 Å². The van der Waals surface area contributed by atoms with E-state index in [1.54, 1.807) is 24.3 Å². The van der Waals surface area contributed by atoms with Crippen molar-refractivity contribution < 1.29 is 19.2 Å². The number of likely N-dealkylation sites (N-methyl/N-ethyl adjacent to an activating group) is 1. The number of ether oxygens (including phenoxy) is 2. The molecule has 2 rings (SSSR count). The molecule has 0 saturated heterocycles. The lowest BCUT2D eigenvalue weighted by atomic mass is 10.2. The molecule has 0 aliphatic heterocycles. The summed E-state index contributed by atoms with van der Waals surface area (Å²) in [6, 6.07) is 17.1. The lowest BCUT2D eigenvalue weighted by Gasteiger charge is -2.14. The van der Waals surface area contributed by atoms with Crippen molar-refractivity contribution >= 4 is 17.6 Å². The summed E-state index contributed by atoms with van der Waals surface area (Å²) in [5.74, 6) is 0.227. The van der Waals surface area contributed by atoms with Crippen LogP contribution in [-0.2, 0) is 16.1 Å². The van der Waals surface area contributed by atoms with Crippen molar-refractivity contribution in [1.29, 1.82) is 0 Å². The van der Waals surface area contributed by atoms with Gasteiger partial charge in [0.05, 0.1) is 7.05 Å². The van der Waals surface area contributed by atoms with Crippen LogP contribution in [0.2, 0.25) is 5.02 Å². The molecule has 2 aromatic rings. The van der Waals surface area contributed by atoms with Gasteiger partial charge in [0.25, 0.3) is 0 Å². The van der Waals surface area contributed by atoms with E-state index >= 15 is 0 Å². The van der Waals surface area contributed by atoms with Crippen molar-refractivity contribution in [3.8, 4) is 5.75 Å². The average Bonchev–Trinajstić information content (AvgIpc) is 2.55. The number of halogens is 1. The number of esters is 1. The second-order valence-corrected chi connectivity index (χ2v) is 5.77. The molecular formula is C18H21ClNO3+. The number of nitrogens with one attached hydrogen (secondary N) is 1. The van der Waals surface area contributed by atoms with E-state index in [0.717, 1.165) is 13.1 Å². The van der Waals surface area contributed by atoms with Crippen LogP contribution in [0, 0.1) is 0 Å². The number of carbonyl (C=O) groups excluding carboxylic acids is 1. The van der Waals surface area contributed by atoms with Gasteiger partial charge in [-0.25, -0.2) is 4.79 Å². The second kappa shape index (κ2) is 9.18. The van der Waals surface area contributed by atoms with Gasteiger partial charge in [-0.05, 0) is 24.3 Å². The fourth-order valence-electron chi connectivity index (χ4n) is 2.09. The van der Waals surface area contributed by atoms with Crippen molar-refractivity contribution in [2.75, 3.05) is 26.8 Å². The van der Waals surface area contributed by atoms with Gasteiger partial charge >= 0.3 is 5.97 Å². The lowest BCUT2D eigenvalue weighted by molar-refractivity contribution is -0.893. The maximum atomic E-state index is 11.6. The van der Waals surface area contributed by atoms with E-state index in [4.69, 9.17) is 21.1 Å². The molecule has 0 fully saturated rings. The first kappa shape index (κ1) is 17.3. The number of hydrogen-bond donors (Lipinski definition) is 1. The van der Waals surface area contributed by atoms with Gasteiger partial charge in [0, 0.05) is 10.6 Å². The highest BCUT2D eigenvalue weighted by Gasteiger charge is 2.08. The highest BCUT2D eigenvalue weighted by atomic mass is 35.5. The quantitative estimate of drug-likeness (QED) is 0.750. The van der Waals surface area contributed by atoms with E-state index < -0.39 is 0 Å². The molecule has 4 nitrogen and oxygen atoms in total. The van der Waals surface area contributed by atoms with Crippen LogP contribution >= 0.6 is 11.6 Å². The van der Waals surface area contributed by atoms with Gasteiger partial charge in [-0.3, -0.25) is 0 Å². The molecule has 2 aromatic carbocycles. The molecule has 1 unspecified atom stereocenters. The minimum Gasteiger partial charge on any atom is -0.482 e. The Labute approximate surface area is 141 Å². The Hall–Kier alpha value is -2.04. The van der Waals surface area contributed by atoms with Gasteiger partial charge in [0.15, 0.2) is 6.61 Å². The Bertz CT molecular complexity index is 601. The summed E-state index contributed by atoms with van der Waals surface area (Å²) in [4.78, 5) is 12.9. The number of quaternary nitrogens is 1. The third-order valence-electron chi connectivity index (χ3n) is 3.31. The van der Waals surface area contributed by atoms with E-state index in [2.05, 4.69) is 19.2 Å². The van der Waals surface area contributed by atoms with Crippen LogP contribution in [0.1, 0.15) is 5.56 Å². The monoisotopic (exact) mass is 334 g/mol. The van der Waals surface area contributed by atoms with Crippen molar-refractivity contribution in [2.45, 2.75) is 6.54 Å². The van der Waals surface area contributed by atoms with Crippen LogP contribution in [0.3, 0.4) is 0 Å². The molecule has 1 N–H and O–H groups in total. The summed E-state index contributed by atoms with van der Waals surface area (Å²) in [5.41, 5.74) is 1.27. The first-order valence-electron chi connectivity index (χ1n) is 7.52. The molecule has 0 aliphatic carbocycles. The van der Waals surface area contributed by atoms with Crippen molar-refractivity contribution in [3.05, 3.63) is 65.2 Å². The van der Waals surface area contributed by atoms with Crippen molar-refractivity contribution in [1.82, 2.24) is 0 Å². The molecule has 0 aliphatic rings. The summed E-state index contributed by atoms with van der Waals surface area (Å²) in [6.07, 6.45) is 0. The summed E-state index contributed by atoms with van der Waals surface area (Å²) < 4.78 is 10.5. The molecule has 0 saturated carbocycles. The van der Waals surface area contributed by atoms with Crippen LogP contribution in [-0.4, -0.2) is 32.8 Å². The van der Waals surface area contributed by atoms with Gasteiger partial charge in [-0.15, -0.1) is 0 Å². The summed E-state index contributed by atoms with van der Waals surface area (Å²) in [6.45, 7) is 1.93.